The normalized spacial score (nSPS) is 18.8. The van der Waals surface area contributed by atoms with Crippen LogP contribution < -0.4 is 28.7 Å². The van der Waals surface area contributed by atoms with Crippen molar-refractivity contribution in [1.82, 2.24) is 9.97 Å². The molecule has 3 aromatic rings. The number of hydrogen-bond acceptors (Lipinski definition) is 10. The molecule has 0 unspecified atom stereocenters. The smallest absolute Gasteiger partial charge is 0.227 e. The van der Waals surface area contributed by atoms with Crippen LogP contribution in [0, 0.1) is 0 Å². The molecular weight excluding hydrogens is 464 g/mol. The number of β-amino-alcohol motifs (C(OH)–C–C–N with tert-alkyl or cyclic N) is 2. The summed E-state index contributed by atoms with van der Waals surface area (Å²) in [4.78, 5) is 13.2. The number of rotatable bonds is 6. The molecule has 2 aliphatic heterocycles. The zero-order valence-electron chi connectivity index (χ0n) is 20.8. The lowest BCUT2D eigenvalue weighted by Crippen LogP contribution is -2.37. The fraction of sp³-hybridized carbons (Fsp3) is 0.385. The van der Waals surface area contributed by atoms with Crippen LogP contribution in [-0.2, 0) is 13.1 Å². The van der Waals surface area contributed by atoms with E-state index in [9.17, 15) is 10.2 Å². The van der Waals surface area contributed by atoms with Gasteiger partial charge in [0.2, 0.25) is 5.95 Å². The van der Waals surface area contributed by atoms with Crippen molar-refractivity contribution in [3.05, 3.63) is 58.8 Å². The maximum Gasteiger partial charge on any atom is 0.227 e. The van der Waals surface area contributed by atoms with Gasteiger partial charge >= 0.3 is 0 Å². The summed E-state index contributed by atoms with van der Waals surface area (Å²) >= 11 is 0. The highest BCUT2D eigenvalue weighted by Crippen LogP contribution is 2.42. The van der Waals surface area contributed by atoms with Gasteiger partial charge in [-0.2, -0.15) is 4.98 Å². The molecule has 2 atom stereocenters. The Labute approximate surface area is 209 Å². The van der Waals surface area contributed by atoms with Crippen LogP contribution in [0.5, 0.6) is 23.0 Å². The SMILES string of the molecule is COc1ccc(OC)c2c1CN(c1ccnc(N3Cc4c(OC)ccc(OC)c4[C@@H](O)C3)n1)C[C@H]2O. The summed E-state index contributed by atoms with van der Waals surface area (Å²) in [5.41, 5.74) is 3.15. The molecule has 0 spiro atoms. The van der Waals surface area contributed by atoms with Gasteiger partial charge in [0.15, 0.2) is 0 Å². The number of benzene rings is 2. The first-order valence-corrected chi connectivity index (χ1v) is 11.7. The van der Waals surface area contributed by atoms with Crippen molar-refractivity contribution < 1.29 is 29.2 Å². The van der Waals surface area contributed by atoms with Crippen LogP contribution in [0.4, 0.5) is 11.8 Å². The molecule has 1 aromatic heterocycles. The number of ether oxygens (including phenoxy) is 4. The summed E-state index contributed by atoms with van der Waals surface area (Å²) in [6.07, 6.45) is 0.108. The van der Waals surface area contributed by atoms with Crippen molar-refractivity contribution in [2.75, 3.05) is 51.3 Å². The van der Waals surface area contributed by atoms with Crippen LogP contribution in [0.25, 0.3) is 0 Å². The molecule has 0 bridgehead atoms. The molecule has 0 aliphatic carbocycles. The molecule has 2 aliphatic rings. The minimum Gasteiger partial charge on any atom is -0.496 e. The second-order valence-electron chi connectivity index (χ2n) is 8.73. The van der Waals surface area contributed by atoms with Crippen LogP contribution in [0.2, 0.25) is 0 Å². The van der Waals surface area contributed by atoms with Gasteiger partial charge in [-0.15, -0.1) is 0 Å². The lowest BCUT2D eigenvalue weighted by Gasteiger charge is -2.36. The first kappa shape index (κ1) is 24.0. The number of fused-ring (bicyclic) bond motifs is 2. The monoisotopic (exact) mass is 494 g/mol. The number of aromatic nitrogens is 2. The molecule has 10 nitrogen and oxygen atoms in total. The maximum absolute atomic E-state index is 11.0. The molecule has 2 aromatic carbocycles. The highest BCUT2D eigenvalue weighted by atomic mass is 16.5. The molecule has 0 fully saturated rings. The van der Waals surface area contributed by atoms with Crippen molar-refractivity contribution in [3.8, 4) is 23.0 Å². The van der Waals surface area contributed by atoms with Gasteiger partial charge in [0.05, 0.1) is 48.1 Å². The Hall–Kier alpha value is -3.76. The molecular formula is C26H30N4O6. The quantitative estimate of drug-likeness (QED) is 0.531. The van der Waals surface area contributed by atoms with E-state index in [-0.39, 0.29) is 0 Å². The van der Waals surface area contributed by atoms with Gasteiger partial charge in [0.1, 0.15) is 41.0 Å². The third-order valence-electron chi connectivity index (χ3n) is 6.81. The summed E-state index contributed by atoms with van der Waals surface area (Å²) in [5.74, 6) is 3.74. The standard InChI is InChI=1S/C26H30N4O6/c1-33-19-5-7-21(35-3)24-15(19)11-29(13-17(24)31)23-9-10-27-26(28-23)30-12-16-20(34-2)6-8-22(36-4)25(16)18(32)14-30/h5-10,17-18,31-32H,11-14H2,1-4H3/t17-,18+/m1/s1. The Morgan fingerprint density at radius 3 is 1.69 bits per heavy atom. The number of aliphatic hydroxyl groups excluding tert-OH is 2. The molecule has 0 amide bonds. The Balaban J connectivity index is 1.47. The highest BCUT2D eigenvalue weighted by Gasteiger charge is 2.33. The number of methoxy groups -OCH3 is 4. The van der Waals surface area contributed by atoms with E-state index in [4.69, 9.17) is 23.9 Å². The predicted octanol–water partition coefficient (Wildman–Crippen LogP) is 2.62. The number of hydrogen-bond donors (Lipinski definition) is 2. The number of nitrogens with zero attached hydrogens (tertiary/aromatic N) is 4. The molecule has 0 radical (unpaired) electrons. The summed E-state index contributed by atoms with van der Waals surface area (Å²) in [6.45, 7) is 1.58. The van der Waals surface area contributed by atoms with E-state index in [1.54, 1.807) is 40.7 Å². The van der Waals surface area contributed by atoms with E-state index in [0.717, 1.165) is 22.3 Å². The van der Waals surface area contributed by atoms with E-state index in [1.807, 2.05) is 34.1 Å². The zero-order chi connectivity index (χ0) is 25.4. The summed E-state index contributed by atoms with van der Waals surface area (Å²) in [5, 5.41) is 22.0. The van der Waals surface area contributed by atoms with E-state index in [0.29, 0.717) is 60.9 Å². The lowest BCUT2D eigenvalue weighted by atomic mass is 9.95. The van der Waals surface area contributed by atoms with Crippen molar-refractivity contribution in [1.29, 1.82) is 0 Å². The van der Waals surface area contributed by atoms with Crippen LogP contribution in [0.3, 0.4) is 0 Å². The number of anilines is 2. The molecule has 190 valence electrons. The molecule has 2 N–H and O–H groups in total. The van der Waals surface area contributed by atoms with Crippen LogP contribution in [-0.4, -0.2) is 61.7 Å². The summed E-state index contributed by atoms with van der Waals surface area (Å²) in [7, 11) is 6.39. The van der Waals surface area contributed by atoms with Gasteiger partial charge in [0, 0.05) is 35.0 Å². The van der Waals surface area contributed by atoms with E-state index in [1.165, 1.54) is 0 Å². The van der Waals surface area contributed by atoms with E-state index in [2.05, 4.69) is 4.98 Å². The van der Waals surface area contributed by atoms with Crippen molar-refractivity contribution in [3.63, 3.8) is 0 Å². The van der Waals surface area contributed by atoms with Crippen molar-refractivity contribution in [2.45, 2.75) is 25.3 Å². The molecule has 3 heterocycles. The molecule has 0 saturated heterocycles. The van der Waals surface area contributed by atoms with Gasteiger partial charge in [0.25, 0.3) is 0 Å². The van der Waals surface area contributed by atoms with Crippen molar-refractivity contribution >= 4 is 11.8 Å². The average molecular weight is 495 g/mol. The lowest BCUT2D eigenvalue weighted by molar-refractivity contribution is 0.169. The van der Waals surface area contributed by atoms with Crippen LogP contribution in [0.15, 0.2) is 36.5 Å². The maximum atomic E-state index is 11.0. The Kier molecular flexibility index (Phi) is 6.46. The minimum absolute atomic E-state index is 0.302. The first-order valence-electron chi connectivity index (χ1n) is 11.7. The molecule has 5 rings (SSSR count). The molecule has 10 heteroatoms. The summed E-state index contributed by atoms with van der Waals surface area (Å²) in [6, 6.07) is 9.09. The van der Waals surface area contributed by atoms with Gasteiger partial charge in [-0.3, -0.25) is 0 Å². The fourth-order valence-corrected chi connectivity index (χ4v) is 5.15. The second-order valence-corrected chi connectivity index (χ2v) is 8.73. The van der Waals surface area contributed by atoms with Gasteiger partial charge in [-0.25, -0.2) is 4.98 Å². The molecule has 0 saturated carbocycles. The summed E-state index contributed by atoms with van der Waals surface area (Å²) < 4.78 is 22.1. The van der Waals surface area contributed by atoms with E-state index < -0.39 is 12.2 Å². The Bertz CT molecular complexity index is 1180. The average Bonchev–Trinajstić information content (AvgIpc) is 2.91. The highest BCUT2D eigenvalue weighted by molar-refractivity contribution is 5.58. The van der Waals surface area contributed by atoms with Gasteiger partial charge < -0.3 is 39.0 Å². The first-order chi connectivity index (χ1) is 17.5. The van der Waals surface area contributed by atoms with Crippen LogP contribution in [0.1, 0.15) is 34.5 Å². The third-order valence-corrected chi connectivity index (χ3v) is 6.81. The Morgan fingerprint density at radius 1 is 0.694 bits per heavy atom. The number of aliphatic hydroxyl groups is 2. The Morgan fingerprint density at radius 2 is 1.17 bits per heavy atom. The van der Waals surface area contributed by atoms with Gasteiger partial charge in [-0.1, -0.05) is 0 Å². The molecule has 36 heavy (non-hydrogen) atoms. The third kappa shape index (κ3) is 4.02. The van der Waals surface area contributed by atoms with Gasteiger partial charge in [-0.05, 0) is 30.3 Å². The fourth-order valence-electron chi connectivity index (χ4n) is 5.15. The van der Waals surface area contributed by atoms with E-state index >= 15 is 0 Å². The zero-order valence-corrected chi connectivity index (χ0v) is 20.8. The predicted molar refractivity (Wildman–Crippen MR) is 133 cm³/mol. The minimum atomic E-state index is -0.800. The second kappa shape index (κ2) is 9.71. The largest absolute Gasteiger partial charge is 0.496 e. The van der Waals surface area contributed by atoms with Crippen molar-refractivity contribution in [2.24, 2.45) is 0 Å². The van der Waals surface area contributed by atoms with Crippen LogP contribution >= 0.6 is 0 Å². The topological polar surface area (TPSA) is 110 Å².